The van der Waals surface area contributed by atoms with Gasteiger partial charge in [-0.1, -0.05) is 26.0 Å². The van der Waals surface area contributed by atoms with Crippen molar-refractivity contribution in [3.05, 3.63) is 29.8 Å². The minimum atomic E-state index is -1.37. The third-order valence-corrected chi connectivity index (χ3v) is 4.22. The van der Waals surface area contributed by atoms with E-state index in [0.717, 1.165) is 5.56 Å². The van der Waals surface area contributed by atoms with Crippen molar-refractivity contribution in [1.82, 2.24) is 16.0 Å². The Morgan fingerprint density at radius 2 is 1.63 bits per heavy atom. The van der Waals surface area contributed by atoms with Crippen molar-refractivity contribution < 1.29 is 34.5 Å². The van der Waals surface area contributed by atoms with Crippen LogP contribution < -0.4 is 21.7 Å². The van der Waals surface area contributed by atoms with Gasteiger partial charge in [0.1, 0.15) is 17.8 Å². The normalized spacial score (nSPS) is 13.8. The fourth-order valence-corrected chi connectivity index (χ4v) is 2.48. The van der Waals surface area contributed by atoms with Crippen LogP contribution in [0, 0.1) is 5.92 Å². The van der Waals surface area contributed by atoms with Crippen LogP contribution in [0.15, 0.2) is 24.3 Å². The summed E-state index contributed by atoms with van der Waals surface area (Å²) in [6, 6.07) is 2.65. The first kappa shape index (κ1) is 24.9. The topological polar surface area (TPSA) is 191 Å². The first-order chi connectivity index (χ1) is 14.0. The largest absolute Gasteiger partial charge is 0.508 e. The van der Waals surface area contributed by atoms with Crippen molar-refractivity contribution in [2.24, 2.45) is 11.7 Å². The number of nitrogens with two attached hydrogens (primary N) is 1. The Bertz CT molecular complexity index is 752. The van der Waals surface area contributed by atoms with Gasteiger partial charge in [0, 0.05) is 0 Å². The lowest BCUT2D eigenvalue weighted by Crippen LogP contribution is -2.56. The van der Waals surface area contributed by atoms with E-state index in [1.54, 1.807) is 26.0 Å². The molecule has 0 spiro atoms. The molecular formula is C19H28N4O7. The highest BCUT2D eigenvalue weighted by atomic mass is 16.4. The van der Waals surface area contributed by atoms with E-state index in [9.17, 15) is 29.4 Å². The standard InChI is InChI=1S/C19H28N4O7/c1-10(2)16(19(29)30)23-18(28)14(9-24)22-15(26)8-21-17(27)13(20)7-11-3-5-12(25)6-4-11/h3-6,10,13-14,16,24-25H,7-9,20H2,1-2H3,(H,21,27)(H,22,26)(H,23,28)(H,29,30). The zero-order valence-electron chi connectivity index (χ0n) is 16.8. The molecule has 1 rings (SSSR count). The van der Waals surface area contributed by atoms with Crippen molar-refractivity contribution >= 4 is 23.7 Å². The first-order valence-corrected chi connectivity index (χ1v) is 9.29. The van der Waals surface area contributed by atoms with E-state index in [1.807, 2.05) is 0 Å². The van der Waals surface area contributed by atoms with E-state index in [4.69, 9.17) is 10.8 Å². The number of hydrogen-bond acceptors (Lipinski definition) is 7. The van der Waals surface area contributed by atoms with E-state index in [0.29, 0.717) is 0 Å². The number of rotatable bonds is 11. The summed E-state index contributed by atoms with van der Waals surface area (Å²) < 4.78 is 0. The molecule has 30 heavy (non-hydrogen) atoms. The van der Waals surface area contributed by atoms with Crippen LogP contribution in [0.5, 0.6) is 5.75 Å². The summed E-state index contributed by atoms with van der Waals surface area (Å²) >= 11 is 0. The number of aliphatic hydroxyl groups excluding tert-OH is 1. The van der Waals surface area contributed by atoms with Gasteiger partial charge in [-0.05, 0) is 30.0 Å². The van der Waals surface area contributed by atoms with Crippen LogP contribution in [-0.4, -0.2) is 70.3 Å². The molecule has 11 heteroatoms. The number of aliphatic hydroxyl groups is 1. The molecule has 0 fully saturated rings. The van der Waals surface area contributed by atoms with Gasteiger partial charge in [0.05, 0.1) is 19.2 Å². The van der Waals surface area contributed by atoms with Gasteiger partial charge in [-0.25, -0.2) is 4.79 Å². The number of aromatic hydroxyl groups is 1. The van der Waals surface area contributed by atoms with Crippen molar-refractivity contribution in [1.29, 1.82) is 0 Å². The van der Waals surface area contributed by atoms with E-state index in [-0.39, 0.29) is 12.2 Å². The predicted molar refractivity (Wildman–Crippen MR) is 106 cm³/mol. The average molecular weight is 424 g/mol. The van der Waals surface area contributed by atoms with Crippen LogP contribution in [0.2, 0.25) is 0 Å². The van der Waals surface area contributed by atoms with E-state index >= 15 is 0 Å². The van der Waals surface area contributed by atoms with Crippen LogP contribution in [0.3, 0.4) is 0 Å². The maximum Gasteiger partial charge on any atom is 0.326 e. The number of amides is 3. The number of carbonyl (C=O) groups is 4. The Morgan fingerprint density at radius 3 is 2.13 bits per heavy atom. The van der Waals surface area contributed by atoms with Crippen molar-refractivity contribution in [3.63, 3.8) is 0 Å². The number of benzene rings is 1. The second-order valence-electron chi connectivity index (χ2n) is 7.07. The molecule has 3 atom stereocenters. The van der Waals surface area contributed by atoms with Gasteiger partial charge >= 0.3 is 5.97 Å². The van der Waals surface area contributed by atoms with Gasteiger partial charge in [0.2, 0.25) is 17.7 Å². The number of carboxylic acids is 1. The molecule has 0 aromatic heterocycles. The zero-order chi connectivity index (χ0) is 22.8. The van der Waals surface area contributed by atoms with Gasteiger partial charge in [0.15, 0.2) is 0 Å². The minimum absolute atomic E-state index is 0.0824. The average Bonchev–Trinajstić information content (AvgIpc) is 2.69. The smallest absolute Gasteiger partial charge is 0.326 e. The Kier molecular flexibility index (Phi) is 9.72. The van der Waals surface area contributed by atoms with Gasteiger partial charge in [-0.15, -0.1) is 0 Å². The molecule has 0 saturated carbocycles. The molecule has 1 aromatic rings. The van der Waals surface area contributed by atoms with Crippen LogP contribution in [0.4, 0.5) is 0 Å². The first-order valence-electron chi connectivity index (χ1n) is 9.29. The highest BCUT2D eigenvalue weighted by molar-refractivity contribution is 5.92. The highest BCUT2D eigenvalue weighted by Crippen LogP contribution is 2.10. The zero-order valence-corrected chi connectivity index (χ0v) is 16.8. The Morgan fingerprint density at radius 1 is 1.03 bits per heavy atom. The Labute approximate surface area is 173 Å². The van der Waals surface area contributed by atoms with Crippen molar-refractivity contribution in [2.45, 2.75) is 38.4 Å². The van der Waals surface area contributed by atoms with Crippen LogP contribution >= 0.6 is 0 Å². The second-order valence-corrected chi connectivity index (χ2v) is 7.07. The summed E-state index contributed by atoms with van der Waals surface area (Å²) in [5, 5.41) is 34.5. The fraction of sp³-hybridized carbons (Fsp3) is 0.474. The van der Waals surface area contributed by atoms with Gasteiger partial charge in [-0.3, -0.25) is 14.4 Å². The Hall–Kier alpha value is -3.18. The number of hydrogen-bond donors (Lipinski definition) is 7. The van der Waals surface area contributed by atoms with Crippen LogP contribution in [0.1, 0.15) is 19.4 Å². The molecule has 0 aliphatic rings. The number of carboxylic acid groups (broad SMARTS) is 1. The molecule has 0 saturated heterocycles. The van der Waals surface area contributed by atoms with Gasteiger partial charge < -0.3 is 37.0 Å². The van der Waals surface area contributed by atoms with Gasteiger partial charge in [0.25, 0.3) is 0 Å². The quantitative estimate of drug-likeness (QED) is 0.214. The lowest BCUT2D eigenvalue weighted by Gasteiger charge is -2.22. The molecule has 0 heterocycles. The molecule has 11 nitrogen and oxygen atoms in total. The Balaban J connectivity index is 2.52. The number of nitrogens with one attached hydrogen (secondary N) is 3. The predicted octanol–water partition coefficient (Wildman–Crippen LogP) is -1.92. The number of aliphatic carboxylic acids is 1. The lowest BCUT2D eigenvalue weighted by atomic mass is 10.0. The third-order valence-electron chi connectivity index (χ3n) is 4.22. The molecule has 0 radical (unpaired) electrons. The number of carbonyl (C=O) groups excluding carboxylic acids is 3. The summed E-state index contributed by atoms with van der Waals surface area (Å²) in [4.78, 5) is 47.3. The molecule has 1 aromatic carbocycles. The summed E-state index contributed by atoms with van der Waals surface area (Å²) in [5.41, 5.74) is 6.51. The lowest BCUT2D eigenvalue weighted by molar-refractivity contribution is -0.143. The molecular weight excluding hydrogens is 396 g/mol. The maximum absolute atomic E-state index is 12.1. The van der Waals surface area contributed by atoms with Crippen molar-refractivity contribution in [3.8, 4) is 5.75 Å². The van der Waals surface area contributed by atoms with E-state index in [1.165, 1.54) is 12.1 Å². The molecule has 3 unspecified atom stereocenters. The highest BCUT2D eigenvalue weighted by Gasteiger charge is 2.28. The maximum atomic E-state index is 12.1. The monoisotopic (exact) mass is 424 g/mol. The number of phenolic OH excluding ortho intramolecular Hbond substituents is 1. The van der Waals surface area contributed by atoms with Crippen molar-refractivity contribution in [2.75, 3.05) is 13.2 Å². The third kappa shape index (κ3) is 8.05. The SMILES string of the molecule is CC(C)C(NC(=O)C(CO)NC(=O)CNC(=O)C(N)Cc1ccc(O)cc1)C(=O)O. The summed E-state index contributed by atoms with van der Waals surface area (Å²) in [7, 11) is 0. The molecule has 166 valence electrons. The second kappa shape index (κ2) is 11.7. The molecule has 8 N–H and O–H groups in total. The molecule has 0 bridgehead atoms. The summed E-state index contributed by atoms with van der Waals surface area (Å²) in [6.07, 6.45) is 0.182. The molecule has 0 aliphatic carbocycles. The summed E-state index contributed by atoms with van der Waals surface area (Å²) in [5.74, 6) is -3.78. The molecule has 0 aliphatic heterocycles. The van der Waals surface area contributed by atoms with Crippen LogP contribution in [0.25, 0.3) is 0 Å². The minimum Gasteiger partial charge on any atom is -0.508 e. The number of phenols is 1. The van der Waals surface area contributed by atoms with E-state index < -0.39 is 60.9 Å². The van der Waals surface area contributed by atoms with Crippen LogP contribution in [-0.2, 0) is 25.6 Å². The van der Waals surface area contributed by atoms with E-state index in [2.05, 4.69) is 16.0 Å². The molecule has 3 amide bonds. The van der Waals surface area contributed by atoms with Gasteiger partial charge in [-0.2, -0.15) is 0 Å². The summed E-state index contributed by atoms with van der Waals surface area (Å²) in [6.45, 7) is 1.96. The fourth-order valence-electron chi connectivity index (χ4n) is 2.48.